The fraction of sp³-hybridized carbons (Fsp3) is 0. The number of carbonyl (C=O) groups is 1. The average molecular weight is 235 g/mol. The molecule has 0 fully saturated rings. The van der Waals surface area contributed by atoms with Crippen LogP contribution in [-0.4, -0.2) is 15.5 Å². The molecule has 82 valence electrons. The zero-order chi connectivity index (χ0) is 11.5. The second-order valence-electron chi connectivity index (χ2n) is 3.12. The molecule has 7 heteroatoms. The first kappa shape index (κ1) is 10.4. The van der Waals surface area contributed by atoms with Gasteiger partial charge in [0.1, 0.15) is 5.00 Å². The molecule has 0 bridgehead atoms. The molecule has 1 aromatic heterocycles. The Morgan fingerprint density at radius 1 is 1.25 bits per heavy atom. The van der Waals surface area contributed by atoms with Crippen LogP contribution < -0.4 is 16.8 Å². The summed E-state index contributed by atoms with van der Waals surface area (Å²) in [5, 5.41) is 6.82. The van der Waals surface area contributed by atoms with Gasteiger partial charge in [-0.25, -0.2) is 0 Å². The molecule has 0 unspecified atom stereocenters. The van der Waals surface area contributed by atoms with E-state index in [4.69, 9.17) is 11.5 Å². The van der Waals surface area contributed by atoms with Gasteiger partial charge < -0.3 is 16.8 Å². The second kappa shape index (κ2) is 4.15. The molecule has 0 aliphatic carbocycles. The smallest absolute Gasteiger partial charge is 0.256 e. The average Bonchev–Trinajstić information content (AvgIpc) is 2.68. The van der Waals surface area contributed by atoms with Crippen molar-refractivity contribution in [2.24, 2.45) is 0 Å². The standard InChI is InChI=1S/C9H9N5OS/c10-6-1-5(2-7(11)3-6)9(15)13-8-4-12-14-16-8/h1-4H,10-11H2,(H,13,15). The third-order valence-corrected chi connectivity index (χ3v) is 2.42. The molecular weight excluding hydrogens is 226 g/mol. The fourth-order valence-electron chi connectivity index (χ4n) is 1.21. The minimum atomic E-state index is -0.287. The minimum Gasteiger partial charge on any atom is -0.399 e. The van der Waals surface area contributed by atoms with Crippen molar-refractivity contribution in [3.63, 3.8) is 0 Å². The van der Waals surface area contributed by atoms with Crippen molar-refractivity contribution in [1.29, 1.82) is 0 Å². The predicted molar refractivity (Wildman–Crippen MR) is 63.1 cm³/mol. The van der Waals surface area contributed by atoms with Gasteiger partial charge in [-0.05, 0) is 18.2 Å². The molecule has 1 amide bonds. The molecule has 2 aromatic rings. The minimum absolute atomic E-state index is 0.287. The van der Waals surface area contributed by atoms with Crippen LogP contribution in [0.3, 0.4) is 0 Å². The number of amides is 1. The van der Waals surface area contributed by atoms with E-state index in [2.05, 4.69) is 14.9 Å². The van der Waals surface area contributed by atoms with E-state index in [-0.39, 0.29) is 5.91 Å². The highest BCUT2D eigenvalue weighted by Gasteiger charge is 2.08. The normalized spacial score (nSPS) is 10.0. The van der Waals surface area contributed by atoms with Crippen LogP contribution in [0.1, 0.15) is 10.4 Å². The van der Waals surface area contributed by atoms with Crippen LogP contribution in [0.2, 0.25) is 0 Å². The molecule has 1 aromatic carbocycles. The third kappa shape index (κ3) is 2.26. The van der Waals surface area contributed by atoms with Gasteiger partial charge in [-0.1, -0.05) is 4.49 Å². The number of nitrogen functional groups attached to an aromatic ring is 2. The molecule has 1 heterocycles. The number of rotatable bonds is 2. The summed E-state index contributed by atoms with van der Waals surface area (Å²) in [4.78, 5) is 11.7. The number of hydrogen-bond donors (Lipinski definition) is 3. The summed E-state index contributed by atoms with van der Waals surface area (Å²) in [6, 6.07) is 4.70. The van der Waals surface area contributed by atoms with Crippen molar-refractivity contribution in [2.45, 2.75) is 0 Å². The number of nitrogens with zero attached hydrogens (tertiary/aromatic N) is 2. The van der Waals surface area contributed by atoms with Gasteiger partial charge in [0.25, 0.3) is 5.91 Å². The van der Waals surface area contributed by atoms with E-state index < -0.39 is 0 Å². The van der Waals surface area contributed by atoms with Gasteiger partial charge in [0, 0.05) is 28.5 Å². The van der Waals surface area contributed by atoms with Crippen LogP contribution >= 0.6 is 11.5 Å². The molecule has 0 aliphatic heterocycles. The highest BCUT2D eigenvalue weighted by Crippen LogP contribution is 2.16. The zero-order valence-electron chi connectivity index (χ0n) is 8.18. The van der Waals surface area contributed by atoms with Crippen molar-refractivity contribution in [2.75, 3.05) is 16.8 Å². The number of nitrogens with one attached hydrogen (secondary N) is 1. The number of nitrogens with two attached hydrogens (primary N) is 2. The van der Waals surface area contributed by atoms with Crippen molar-refractivity contribution in [3.8, 4) is 0 Å². The van der Waals surface area contributed by atoms with E-state index in [9.17, 15) is 4.79 Å². The number of benzene rings is 1. The zero-order valence-corrected chi connectivity index (χ0v) is 8.99. The summed E-state index contributed by atoms with van der Waals surface area (Å²) in [5.74, 6) is -0.287. The van der Waals surface area contributed by atoms with Crippen LogP contribution in [0.15, 0.2) is 24.4 Å². The van der Waals surface area contributed by atoms with Crippen LogP contribution in [0.4, 0.5) is 16.4 Å². The van der Waals surface area contributed by atoms with Crippen LogP contribution in [0.25, 0.3) is 0 Å². The lowest BCUT2D eigenvalue weighted by atomic mass is 10.1. The van der Waals surface area contributed by atoms with E-state index in [0.717, 1.165) is 11.5 Å². The van der Waals surface area contributed by atoms with E-state index in [1.54, 1.807) is 18.2 Å². The Balaban J connectivity index is 2.21. The lowest BCUT2D eigenvalue weighted by Gasteiger charge is -2.04. The molecule has 0 aliphatic rings. The molecular formula is C9H9N5OS. The van der Waals surface area contributed by atoms with E-state index in [1.807, 2.05) is 0 Å². The molecule has 0 saturated heterocycles. The van der Waals surface area contributed by atoms with Crippen LogP contribution in [0.5, 0.6) is 0 Å². The maximum Gasteiger partial charge on any atom is 0.256 e. The summed E-state index contributed by atoms with van der Waals surface area (Å²) in [7, 11) is 0. The summed E-state index contributed by atoms with van der Waals surface area (Å²) in [6.07, 6.45) is 1.47. The molecule has 6 nitrogen and oxygen atoms in total. The Morgan fingerprint density at radius 3 is 2.50 bits per heavy atom. The highest BCUT2D eigenvalue weighted by molar-refractivity contribution is 7.10. The van der Waals surface area contributed by atoms with Crippen molar-refractivity contribution in [1.82, 2.24) is 9.59 Å². The van der Waals surface area contributed by atoms with Gasteiger partial charge in [-0.2, -0.15) is 0 Å². The largest absolute Gasteiger partial charge is 0.399 e. The van der Waals surface area contributed by atoms with E-state index in [1.165, 1.54) is 6.20 Å². The fourth-order valence-corrected chi connectivity index (χ4v) is 1.63. The number of hydrogen-bond acceptors (Lipinski definition) is 6. The van der Waals surface area contributed by atoms with Crippen LogP contribution in [0, 0.1) is 0 Å². The van der Waals surface area contributed by atoms with Crippen molar-refractivity contribution >= 4 is 33.8 Å². The second-order valence-corrected chi connectivity index (χ2v) is 3.91. The topological polar surface area (TPSA) is 107 Å². The molecule has 5 N–H and O–H groups in total. The third-order valence-electron chi connectivity index (χ3n) is 1.84. The Morgan fingerprint density at radius 2 is 1.94 bits per heavy atom. The summed E-state index contributed by atoms with van der Waals surface area (Å²) < 4.78 is 3.63. The van der Waals surface area contributed by atoms with E-state index >= 15 is 0 Å². The first-order chi connectivity index (χ1) is 7.65. The Bertz CT molecular complexity index is 490. The van der Waals surface area contributed by atoms with Gasteiger partial charge >= 0.3 is 0 Å². The van der Waals surface area contributed by atoms with Gasteiger partial charge in [-0.15, -0.1) is 5.10 Å². The van der Waals surface area contributed by atoms with Crippen molar-refractivity contribution in [3.05, 3.63) is 30.0 Å². The Kier molecular flexibility index (Phi) is 2.69. The first-order valence-electron chi connectivity index (χ1n) is 4.40. The Labute approximate surface area is 95.4 Å². The van der Waals surface area contributed by atoms with Gasteiger partial charge in [0.2, 0.25) is 0 Å². The molecule has 0 saturated carbocycles. The van der Waals surface area contributed by atoms with E-state index in [0.29, 0.717) is 21.9 Å². The molecule has 0 spiro atoms. The van der Waals surface area contributed by atoms with Gasteiger partial charge in [-0.3, -0.25) is 4.79 Å². The quantitative estimate of drug-likeness (QED) is 0.672. The maximum absolute atomic E-state index is 11.7. The summed E-state index contributed by atoms with van der Waals surface area (Å²) in [5.41, 5.74) is 12.5. The summed E-state index contributed by atoms with van der Waals surface area (Å²) >= 11 is 1.10. The molecule has 2 rings (SSSR count). The molecule has 0 radical (unpaired) electrons. The number of aromatic nitrogens is 2. The summed E-state index contributed by atoms with van der Waals surface area (Å²) in [6.45, 7) is 0. The highest BCUT2D eigenvalue weighted by atomic mass is 32.1. The first-order valence-corrected chi connectivity index (χ1v) is 5.17. The molecule has 16 heavy (non-hydrogen) atoms. The number of carbonyl (C=O) groups excluding carboxylic acids is 1. The van der Waals surface area contributed by atoms with Crippen LogP contribution in [-0.2, 0) is 0 Å². The monoisotopic (exact) mass is 235 g/mol. The lowest BCUT2D eigenvalue weighted by Crippen LogP contribution is -2.11. The van der Waals surface area contributed by atoms with Gasteiger partial charge in [0.05, 0.1) is 6.20 Å². The molecule has 0 atom stereocenters. The Hall–Kier alpha value is -2.15. The lowest BCUT2D eigenvalue weighted by molar-refractivity contribution is 0.102. The predicted octanol–water partition coefficient (Wildman–Crippen LogP) is 0.955. The maximum atomic E-state index is 11.7. The van der Waals surface area contributed by atoms with Crippen molar-refractivity contribution < 1.29 is 4.79 Å². The SMILES string of the molecule is Nc1cc(N)cc(C(=O)Nc2cnns2)c1. The van der Waals surface area contributed by atoms with Gasteiger partial charge in [0.15, 0.2) is 0 Å². The number of anilines is 3.